The van der Waals surface area contributed by atoms with Crippen LogP contribution in [0.4, 0.5) is 4.39 Å². The monoisotopic (exact) mass is 263 g/mol. The number of carbonyl (C=O) groups excluding carboxylic acids is 1. The van der Waals surface area contributed by atoms with Crippen LogP contribution in [0.15, 0.2) is 18.2 Å². The molecule has 0 saturated heterocycles. The minimum atomic E-state index is -1.29. The second-order valence-corrected chi connectivity index (χ2v) is 4.19. The summed E-state index contributed by atoms with van der Waals surface area (Å²) in [5.74, 6) is 1.16. The van der Waals surface area contributed by atoms with Gasteiger partial charge in [-0.2, -0.15) is 0 Å². The lowest BCUT2D eigenvalue weighted by molar-refractivity contribution is 0.0763. The van der Waals surface area contributed by atoms with E-state index >= 15 is 0 Å². The largest absolute Gasteiger partial charge is 0.376 e. The molecule has 1 atom stereocenters. The van der Waals surface area contributed by atoms with Crippen LogP contribution in [0.3, 0.4) is 0 Å². The molecule has 102 valence electrons. The molecule has 0 radical (unpaired) electrons. The van der Waals surface area contributed by atoms with Crippen LogP contribution in [0.25, 0.3) is 0 Å². The molecule has 0 aliphatic carbocycles. The molecule has 0 heterocycles. The van der Waals surface area contributed by atoms with Gasteiger partial charge in [-0.15, -0.1) is 6.42 Å². The second kappa shape index (κ2) is 6.91. The molecular weight excluding hydrogens is 245 g/mol. The molecule has 1 aromatic rings. The smallest absolute Gasteiger partial charge is 0.253 e. The highest BCUT2D eigenvalue weighted by Crippen LogP contribution is 2.18. The maximum absolute atomic E-state index is 13.8. The number of hydrogen-bond acceptors (Lipinski definition) is 2. The molecule has 1 N–H and O–H groups in total. The summed E-state index contributed by atoms with van der Waals surface area (Å²) in [5.41, 5.74) is 0.276. The lowest BCUT2D eigenvalue weighted by Gasteiger charge is -2.20. The zero-order chi connectivity index (χ0) is 14.4. The quantitative estimate of drug-likeness (QED) is 0.828. The van der Waals surface area contributed by atoms with Crippen molar-refractivity contribution in [1.29, 1.82) is 0 Å². The molecule has 0 spiro atoms. The van der Waals surface area contributed by atoms with E-state index in [1.165, 1.54) is 12.1 Å². The molecule has 0 bridgehead atoms. The van der Waals surface area contributed by atoms with Gasteiger partial charge in [-0.3, -0.25) is 4.79 Å². The summed E-state index contributed by atoms with van der Waals surface area (Å²) in [6, 6.07) is 3.96. The Morgan fingerprint density at radius 3 is 2.68 bits per heavy atom. The molecule has 1 rings (SSSR count). The highest BCUT2D eigenvalue weighted by atomic mass is 19.1. The van der Waals surface area contributed by atoms with Crippen LogP contribution in [-0.2, 0) is 0 Å². The fraction of sp³-hybridized carbons (Fsp3) is 0.400. The number of aliphatic hydroxyl groups is 1. The molecule has 0 aromatic heterocycles. The Morgan fingerprint density at radius 2 is 2.21 bits per heavy atom. The van der Waals surface area contributed by atoms with Crippen molar-refractivity contribution < 1.29 is 14.3 Å². The SMILES string of the molecule is C#CC(O)c1ccc(C(=O)N(CC)CCC)cc1F. The number of nitrogens with zero attached hydrogens (tertiary/aromatic N) is 1. The molecule has 3 nitrogen and oxygen atoms in total. The third-order valence-electron chi connectivity index (χ3n) is 2.86. The van der Waals surface area contributed by atoms with Crippen molar-refractivity contribution in [3.05, 3.63) is 35.1 Å². The molecule has 0 aliphatic rings. The van der Waals surface area contributed by atoms with E-state index in [-0.39, 0.29) is 17.0 Å². The fourth-order valence-electron chi connectivity index (χ4n) is 1.83. The van der Waals surface area contributed by atoms with E-state index in [1.54, 1.807) is 4.90 Å². The number of aliphatic hydroxyl groups excluding tert-OH is 1. The van der Waals surface area contributed by atoms with E-state index in [9.17, 15) is 14.3 Å². The third kappa shape index (κ3) is 3.55. The topological polar surface area (TPSA) is 40.5 Å². The highest BCUT2D eigenvalue weighted by Gasteiger charge is 2.17. The van der Waals surface area contributed by atoms with E-state index in [2.05, 4.69) is 0 Å². The van der Waals surface area contributed by atoms with Gasteiger partial charge < -0.3 is 10.0 Å². The van der Waals surface area contributed by atoms with Crippen LogP contribution in [0.5, 0.6) is 0 Å². The van der Waals surface area contributed by atoms with Gasteiger partial charge in [0, 0.05) is 24.2 Å². The first-order valence-corrected chi connectivity index (χ1v) is 6.28. The van der Waals surface area contributed by atoms with Gasteiger partial charge in [-0.25, -0.2) is 4.39 Å². The van der Waals surface area contributed by atoms with Crippen LogP contribution in [0.2, 0.25) is 0 Å². The molecule has 1 aromatic carbocycles. The van der Waals surface area contributed by atoms with Crippen molar-refractivity contribution in [3.63, 3.8) is 0 Å². The Morgan fingerprint density at radius 1 is 1.53 bits per heavy atom. The van der Waals surface area contributed by atoms with Crippen molar-refractivity contribution in [1.82, 2.24) is 4.90 Å². The first-order valence-electron chi connectivity index (χ1n) is 6.28. The van der Waals surface area contributed by atoms with Crippen LogP contribution in [0, 0.1) is 18.2 Å². The zero-order valence-corrected chi connectivity index (χ0v) is 11.2. The summed E-state index contributed by atoms with van der Waals surface area (Å²) < 4.78 is 13.8. The first-order chi connectivity index (χ1) is 9.04. The van der Waals surface area contributed by atoms with Gasteiger partial charge in [-0.1, -0.05) is 18.9 Å². The maximum Gasteiger partial charge on any atom is 0.253 e. The average Bonchev–Trinajstić information content (AvgIpc) is 2.43. The number of carbonyl (C=O) groups is 1. The van der Waals surface area contributed by atoms with Crippen LogP contribution < -0.4 is 0 Å². The van der Waals surface area contributed by atoms with Crippen molar-refractivity contribution in [3.8, 4) is 12.3 Å². The third-order valence-corrected chi connectivity index (χ3v) is 2.86. The van der Waals surface area contributed by atoms with E-state index in [0.717, 1.165) is 12.5 Å². The predicted molar refractivity (Wildman–Crippen MR) is 72.1 cm³/mol. The van der Waals surface area contributed by atoms with Gasteiger partial charge in [0.1, 0.15) is 11.9 Å². The molecule has 1 unspecified atom stereocenters. The van der Waals surface area contributed by atoms with Crippen molar-refractivity contribution in [2.75, 3.05) is 13.1 Å². The van der Waals surface area contributed by atoms with E-state index in [1.807, 2.05) is 19.8 Å². The van der Waals surface area contributed by atoms with E-state index < -0.39 is 11.9 Å². The zero-order valence-electron chi connectivity index (χ0n) is 11.2. The number of rotatable bonds is 5. The molecule has 1 amide bonds. The Labute approximate surface area is 113 Å². The summed E-state index contributed by atoms with van der Waals surface area (Å²) >= 11 is 0. The lowest BCUT2D eigenvalue weighted by atomic mass is 10.1. The highest BCUT2D eigenvalue weighted by molar-refractivity contribution is 5.94. The van der Waals surface area contributed by atoms with Gasteiger partial charge in [0.05, 0.1) is 0 Å². The van der Waals surface area contributed by atoms with Crippen molar-refractivity contribution >= 4 is 5.91 Å². The number of halogens is 1. The summed E-state index contributed by atoms with van der Waals surface area (Å²) in [6.45, 7) is 5.05. The standard InChI is InChI=1S/C15H18FNO2/c1-4-9-17(6-3)15(19)11-7-8-12(13(16)10-11)14(18)5-2/h2,7-8,10,14,18H,4,6,9H2,1,3H3. The summed E-state index contributed by atoms with van der Waals surface area (Å²) in [7, 11) is 0. The summed E-state index contributed by atoms with van der Waals surface area (Å²) in [6.07, 6.45) is 4.59. The normalized spacial score (nSPS) is 11.7. The Kier molecular flexibility index (Phi) is 5.53. The lowest BCUT2D eigenvalue weighted by Crippen LogP contribution is -2.31. The number of amides is 1. The molecule has 0 saturated carbocycles. The van der Waals surface area contributed by atoms with Gasteiger partial charge in [-0.05, 0) is 25.5 Å². The van der Waals surface area contributed by atoms with Crippen molar-refractivity contribution in [2.45, 2.75) is 26.4 Å². The number of hydrogen-bond donors (Lipinski definition) is 1. The van der Waals surface area contributed by atoms with E-state index in [4.69, 9.17) is 6.42 Å². The minimum Gasteiger partial charge on any atom is -0.376 e. The Hall–Kier alpha value is -1.86. The van der Waals surface area contributed by atoms with Gasteiger partial charge in [0.2, 0.25) is 0 Å². The van der Waals surface area contributed by atoms with Gasteiger partial charge in [0.15, 0.2) is 0 Å². The molecule has 0 fully saturated rings. The van der Waals surface area contributed by atoms with Crippen LogP contribution in [-0.4, -0.2) is 29.0 Å². The fourth-order valence-corrected chi connectivity index (χ4v) is 1.83. The first kappa shape index (κ1) is 15.2. The maximum atomic E-state index is 13.8. The van der Waals surface area contributed by atoms with Crippen LogP contribution in [0.1, 0.15) is 42.3 Å². The minimum absolute atomic E-state index is 0.0117. The van der Waals surface area contributed by atoms with Gasteiger partial charge in [0.25, 0.3) is 5.91 Å². The predicted octanol–water partition coefficient (Wildman–Crippen LogP) is 2.36. The number of benzene rings is 1. The van der Waals surface area contributed by atoms with E-state index in [0.29, 0.717) is 13.1 Å². The summed E-state index contributed by atoms with van der Waals surface area (Å²) in [5, 5.41) is 9.41. The van der Waals surface area contributed by atoms with Gasteiger partial charge >= 0.3 is 0 Å². The Bertz CT molecular complexity index is 493. The van der Waals surface area contributed by atoms with Crippen molar-refractivity contribution in [2.24, 2.45) is 0 Å². The number of terminal acetylenes is 1. The molecule has 19 heavy (non-hydrogen) atoms. The summed E-state index contributed by atoms with van der Waals surface area (Å²) in [4.78, 5) is 13.8. The second-order valence-electron chi connectivity index (χ2n) is 4.19. The molecule has 4 heteroatoms. The molecular formula is C15H18FNO2. The molecule has 0 aliphatic heterocycles. The average molecular weight is 263 g/mol. The Balaban J connectivity index is 3.01. The van der Waals surface area contributed by atoms with Crippen LogP contribution >= 0.6 is 0 Å².